The van der Waals surface area contributed by atoms with Gasteiger partial charge < -0.3 is 26.2 Å². The molecule has 0 radical (unpaired) electrons. The fourth-order valence-electron chi connectivity index (χ4n) is 7.12. The molecular formula is C45H91N2O7P. The van der Waals surface area contributed by atoms with Gasteiger partial charge in [0.25, 0.3) is 0 Å². The van der Waals surface area contributed by atoms with Crippen LogP contribution in [0.5, 0.6) is 0 Å². The minimum atomic E-state index is -4.38. The first kappa shape index (κ1) is 54.2. The van der Waals surface area contributed by atoms with Gasteiger partial charge in [0.05, 0.1) is 37.9 Å². The number of amides is 1. The van der Waals surface area contributed by atoms with E-state index in [1.807, 2.05) is 0 Å². The zero-order valence-corrected chi connectivity index (χ0v) is 36.9. The lowest BCUT2D eigenvalue weighted by Crippen LogP contribution is -2.47. The van der Waals surface area contributed by atoms with E-state index in [-0.39, 0.29) is 26.2 Å². The lowest BCUT2D eigenvalue weighted by molar-refractivity contribution is -0.125. The van der Waals surface area contributed by atoms with Crippen LogP contribution in [0, 0.1) is 0 Å². The van der Waals surface area contributed by atoms with Crippen molar-refractivity contribution in [2.24, 2.45) is 5.73 Å². The maximum Gasteiger partial charge on any atom is 0.472 e. The molecule has 9 nitrogen and oxygen atoms in total. The van der Waals surface area contributed by atoms with Crippen molar-refractivity contribution in [3.05, 3.63) is 12.2 Å². The van der Waals surface area contributed by atoms with Crippen LogP contribution in [0.3, 0.4) is 0 Å². The third-order valence-corrected chi connectivity index (χ3v) is 11.7. The van der Waals surface area contributed by atoms with Crippen molar-refractivity contribution in [1.29, 1.82) is 0 Å². The van der Waals surface area contributed by atoms with Crippen molar-refractivity contribution < 1.29 is 33.5 Å². The van der Waals surface area contributed by atoms with Gasteiger partial charge in [0.1, 0.15) is 0 Å². The first-order valence-corrected chi connectivity index (χ1v) is 24.9. The molecule has 0 aliphatic carbocycles. The lowest BCUT2D eigenvalue weighted by atomic mass is 10.0. The maximum atomic E-state index is 12.8. The van der Waals surface area contributed by atoms with Crippen LogP contribution >= 0.6 is 7.82 Å². The minimum absolute atomic E-state index is 0.0601. The summed E-state index contributed by atoms with van der Waals surface area (Å²) < 4.78 is 22.2. The molecule has 0 saturated carbocycles. The molecule has 55 heavy (non-hydrogen) atoms. The number of aliphatic hydroxyl groups is 2. The summed E-state index contributed by atoms with van der Waals surface area (Å²) in [5.41, 5.74) is 5.38. The Balaban J connectivity index is 4.19. The number of aliphatic hydroxyl groups excluding tert-OH is 2. The highest BCUT2D eigenvalue weighted by Gasteiger charge is 2.28. The molecule has 0 aliphatic rings. The Morgan fingerprint density at radius 3 is 1.42 bits per heavy atom. The highest BCUT2D eigenvalue weighted by atomic mass is 31.2. The highest BCUT2D eigenvalue weighted by molar-refractivity contribution is 7.47. The van der Waals surface area contributed by atoms with E-state index >= 15 is 0 Å². The van der Waals surface area contributed by atoms with Crippen molar-refractivity contribution in [3.8, 4) is 0 Å². The first-order valence-electron chi connectivity index (χ1n) is 23.4. The Morgan fingerprint density at radius 1 is 0.600 bits per heavy atom. The van der Waals surface area contributed by atoms with E-state index in [0.29, 0.717) is 12.8 Å². The van der Waals surface area contributed by atoms with Crippen molar-refractivity contribution in [3.63, 3.8) is 0 Å². The lowest BCUT2D eigenvalue weighted by Gasteiger charge is -2.25. The van der Waals surface area contributed by atoms with Gasteiger partial charge >= 0.3 is 7.82 Å². The van der Waals surface area contributed by atoms with E-state index in [4.69, 9.17) is 14.8 Å². The molecule has 4 atom stereocenters. The number of rotatable bonds is 44. The summed E-state index contributed by atoms with van der Waals surface area (Å²) in [6.45, 7) is 4.05. The predicted molar refractivity (Wildman–Crippen MR) is 232 cm³/mol. The van der Waals surface area contributed by atoms with Gasteiger partial charge in [-0.15, -0.1) is 0 Å². The molecule has 0 spiro atoms. The van der Waals surface area contributed by atoms with Crippen LogP contribution in [0.25, 0.3) is 0 Å². The average molecular weight is 803 g/mol. The Morgan fingerprint density at radius 2 is 0.982 bits per heavy atom. The van der Waals surface area contributed by atoms with Gasteiger partial charge in [-0.2, -0.15) is 0 Å². The summed E-state index contributed by atoms with van der Waals surface area (Å²) in [7, 11) is -4.38. The molecule has 0 aromatic heterocycles. The van der Waals surface area contributed by atoms with Crippen LogP contribution in [0.4, 0.5) is 0 Å². The predicted octanol–water partition coefficient (Wildman–Crippen LogP) is 12.1. The zero-order chi connectivity index (χ0) is 40.5. The van der Waals surface area contributed by atoms with Gasteiger partial charge in [0, 0.05) is 6.54 Å². The summed E-state index contributed by atoms with van der Waals surface area (Å²) in [5, 5.41) is 24.2. The molecule has 4 unspecified atom stereocenters. The smallest absolute Gasteiger partial charge is 0.393 e. The molecule has 0 aliphatic heterocycles. The molecule has 0 fully saturated rings. The van der Waals surface area contributed by atoms with Crippen molar-refractivity contribution in [2.75, 3.05) is 19.8 Å². The van der Waals surface area contributed by atoms with E-state index in [1.165, 1.54) is 154 Å². The second-order valence-corrected chi connectivity index (χ2v) is 17.6. The van der Waals surface area contributed by atoms with Crippen LogP contribution < -0.4 is 11.1 Å². The van der Waals surface area contributed by atoms with Gasteiger partial charge in [0.2, 0.25) is 5.91 Å². The van der Waals surface area contributed by atoms with Crippen molar-refractivity contribution >= 4 is 13.7 Å². The van der Waals surface area contributed by atoms with E-state index in [9.17, 15) is 24.5 Å². The molecule has 6 N–H and O–H groups in total. The number of phosphoric acid groups is 1. The number of carbonyl (C=O) groups is 1. The van der Waals surface area contributed by atoms with E-state index in [2.05, 4.69) is 31.3 Å². The minimum Gasteiger partial charge on any atom is -0.393 e. The third-order valence-electron chi connectivity index (χ3n) is 10.7. The molecule has 328 valence electrons. The van der Waals surface area contributed by atoms with E-state index < -0.39 is 32.0 Å². The van der Waals surface area contributed by atoms with Crippen LogP contribution in [-0.2, 0) is 18.4 Å². The highest BCUT2D eigenvalue weighted by Crippen LogP contribution is 2.43. The van der Waals surface area contributed by atoms with E-state index in [1.54, 1.807) is 0 Å². The van der Waals surface area contributed by atoms with Crippen LogP contribution in [-0.4, -0.2) is 59.0 Å². The molecule has 0 bridgehead atoms. The van der Waals surface area contributed by atoms with Gasteiger partial charge in [-0.05, 0) is 38.5 Å². The molecule has 1 amide bonds. The molecular weight excluding hydrogens is 711 g/mol. The number of carbonyl (C=O) groups excluding carboxylic acids is 1. The average Bonchev–Trinajstić information content (AvgIpc) is 3.16. The van der Waals surface area contributed by atoms with Crippen LogP contribution in [0.15, 0.2) is 12.2 Å². The Kier molecular flexibility index (Phi) is 40.8. The molecule has 0 saturated heterocycles. The van der Waals surface area contributed by atoms with Gasteiger partial charge in [0.15, 0.2) is 0 Å². The first-order chi connectivity index (χ1) is 26.8. The fourth-order valence-corrected chi connectivity index (χ4v) is 7.88. The molecule has 0 rings (SSSR count). The molecule has 10 heteroatoms. The van der Waals surface area contributed by atoms with Crippen LogP contribution in [0.2, 0.25) is 0 Å². The number of allylic oxidation sites excluding steroid dienone is 2. The quantitative estimate of drug-likeness (QED) is 0.0232. The molecule has 0 aromatic carbocycles. The monoisotopic (exact) mass is 803 g/mol. The van der Waals surface area contributed by atoms with Gasteiger partial charge in [-0.1, -0.05) is 199 Å². The number of phosphoric ester groups is 1. The SMILES string of the molecule is CCCCCC/C=C\CCCCCCCC(O)CC(=O)NC(COP(=O)(O)OCCN)C(O)CCCCCCCCCCCCCCCCCCCCCC. The Labute approximate surface area is 339 Å². The number of hydrogen-bond acceptors (Lipinski definition) is 7. The number of unbranched alkanes of at least 4 members (excludes halogenated alkanes) is 28. The second kappa shape index (κ2) is 41.4. The standard InChI is InChI=1S/C45H91N2O7P/c1-3-5-7-9-11-13-15-17-18-19-20-21-22-23-25-27-29-31-33-35-37-44(49)43(41-54-55(51,52)53-39-38-46)47-45(50)40-42(48)36-34-32-30-28-26-24-16-14-12-10-8-6-4-2/h14,16,42-44,48-49H,3-13,15,17-41,46H2,1-2H3,(H,47,50)(H,51,52)/b16-14-. The zero-order valence-electron chi connectivity index (χ0n) is 36.0. The van der Waals surface area contributed by atoms with Gasteiger partial charge in [-0.3, -0.25) is 13.8 Å². The fraction of sp³-hybridized carbons (Fsp3) is 0.933. The number of hydrogen-bond donors (Lipinski definition) is 5. The Bertz CT molecular complexity index is 893. The van der Waals surface area contributed by atoms with E-state index in [0.717, 1.165) is 44.9 Å². The Hall–Kier alpha value is -0.800. The summed E-state index contributed by atoms with van der Waals surface area (Å²) in [6, 6.07) is -0.896. The summed E-state index contributed by atoms with van der Waals surface area (Å²) >= 11 is 0. The molecule has 0 aromatic rings. The summed E-state index contributed by atoms with van der Waals surface area (Å²) in [5.74, 6) is -0.416. The van der Waals surface area contributed by atoms with Gasteiger partial charge in [-0.25, -0.2) is 4.57 Å². The summed E-state index contributed by atoms with van der Waals surface area (Å²) in [4.78, 5) is 22.8. The second-order valence-electron chi connectivity index (χ2n) is 16.2. The number of nitrogens with two attached hydrogens (primary N) is 1. The largest absolute Gasteiger partial charge is 0.472 e. The normalized spacial score (nSPS) is 14.7. The maximum absolute atomic E-state index is 12.8. The molecule has 0 heterocycles. The third kappa shape index (κ3) is 39.8. The van der Waals surface area contributed by atoms with Crippen LogP contribution in [0.1, 0.15) is 232 Å². The topological polar surface area (TPSA) is 151 Å². The van der Waals surface area contributed by atoms with Crippen molar-refractivity contribution in [1.82, 2.24) is 5.32 Å². The number of nitrogens with one attached hydrogen (secondary N) is 1. The summed E-state index contributed by atoms with van der Waals surface area (Å²) in [6.07, 6.45) is 42.5. The van der Waals surface area contributed by atoms with Crippen molar-refractivity contribution in [2.45, 2.75) is 250 Å².